The van der Waals surface area contributed by atoms with Crippen LogP contribution in [0.5, 0.6) is 0 Å². The van der Waals surface area contributed by atoms with Gasteiger partial charge >= 0.3 is 0 Å². The summed E-state index contributed by atoms with van der Waals surface area (Å²) in [5.41, 5.74) is 0. The molecule has 2 fully saturated rings. The second kappa shape index (κ2) is 6.93. The van der Waals surface area contributed by atoms with Gasteiger partial charge in [0.05, 0.1) is 12.0 Å². The number of pyridine rings is 1. The van der Waals surface area contributed by atoms with Gasteiger partial charge in [0.1, 0.15) is 5.82 Å². The Morgan fingerprint density at radius 2 is 2.04 bits per heavy atom. The number of carbonyl (C=O) groups excluding carboxylic acids is 1. The minimum atomic E-state index is 0.0984. The third-order valence-electron chi connectivity index (χ3n) is 5.15. The maximum absolute atomic E-state index is 13.2. The van der Waals surface area contributed by atoms with E-state index in [0.29, 0.717) is 11.9 Å². The van der Waals surface area contributed by atoms with Gasteiger partial charge in [-0.05, 0) is 49.3 Å². The molecule has 5 heteroatoms. The molecule has 2 aromatic rings. The third-order valence-corrected chi connectivity index (χ3v) is 6.12. The summed E-state index contributed by atoms with van der Waals surface area (Å²) in [6.45, 7) is 2.69. The number of piperidine rings is 1. The molecule has 4 heterocycles. The Bertz CT molecular complexity index is 673. The highest BCUT2D eigenvalue weighted by atomic mass is 32.1. The van der Waals surface area contributed by atoms with Crippen LogP contribution in [0.4, 0.5) is 5.82 Å². The molecule has 0 spiro atoms. The molecule has 126 valence electrons. The van der Waals surface area contributed by atoms with Gasteiger partial charge in [-0.25, -0.2) is 4.98 Å². The fourth-order valence-corrected chi connectivity index (χ4v) is 4.84. The van der Waals surface area contributed by atoms with Crippen molar-refractivity contribution in [2.75, 3.05) is 24.5 Å². The van der Waals surface area contributed by atoms with Crippen molar-refractivity contribution in [1.82, 2.24) is 9.88 Å². The lowest BCUT2D eigenvalue weighted by atomic mass is 9.96. The lowest BCUT2D eigenvalue weighted by Gasteiger charge is -2.36. The molecule has 4 rings (SSSR count). The molecule has 2 unspecified atom stereocenters. The highest BCUT2D eigenvalue weighted by Gasteiger charge is 2.36. The van der Waals surface area contributed by atoms with Crippen LogP contribution in [-0.4, -0.2) is 35.4 Å². The number of hydrogen-bond acceptors (Lipinski definition) is 4. The van der Waals surface area contributed by atoms with Gasteiger partial charge in [0.2, 0.25) is 5.91 Å². The summed E-state index contributed by atoms with van der Waals surface area (Å²) in [6.07, 6.45) is 6.10. The molecule has 2 atom stereocenters. The molecular weight excluding hydrogens is 318 g/mol. The summed E-state index contributed by atoms with van der Waals surface area (Å²) in [6, 6.07) is 10.5. The molecule has 0 saturated carbocycles. The van der Waals surface area contributed by atoms with Crippen molar-refractivity contribution in [3.05, 3.63) is 46.8 Å². The summed E-state index contributed by atoms with van der Waals surface area (Å²) >= 11 is 1.77. The molecule has 2 aromatic heterocycles. The molecule has 4 nitrogen and oxygen atoms in total. The van der Waals surface area contributed by atoms with Crippen LogP contribution in [0.1, 0.15) is 36.6 Å². The van der Waals surface area contributed by atoms with Gasteiger partial charge in [0, 0.05) is 30.7 Å². The largest absolute Gasteiger partial charge is 0.356 e. The first-order chi connectivity index (χ1) is 11.8. The maximum Gasteiger partial charge on any atom is 0.228 e. The van der Waals surface area contributed by atoms with Gasteiger partial charge in [0.15, 0.2) is 0 Å². The Labute approximate surface area is 147 Å². The summed E-state index contributed by atoms with van der Waals surface area (Å²) in [4.78, 5) is 23.4. The fourth-order valence-electron chi connectivity index (χ4n) is 3.97. The smallest absolute Gasteiger partial charge is 0.228 e. The predicted molar refractivity (Wildman–Crippen MR) is 97.2 cm³/mol. The molecule has 2 aliphatic rings. The van der Waals surface area contributed by atoms with Crippen molar-refractivity contribution in [3.8, 4) is 0 Å². The standard InChI is InChI=1S/C19H23N3OS/c23-19(22-12-4-7-16(22)17-8-5-13-24-17)15-6-3-11-21(14-15)18-9-1-2-10-20-18/h1-2,5,8-10,13,15-16H,3-4,6-7,11-12,14H2. The number of likely N-dealkylation sites (tertiary alicyclic amines) is 1. The minimum absolute atomic E-state index is 0.0984. The van der Waals surface area contributed by atoms with Gasteiger partial charge < -0.3 is 9.80 Å². The first kappa shape index (κ1) is 15.6. The summed E-state index contributed by atoms with van der Waals surface area (Å²) in [7, 11) is 0. The predicted octanol–water partition coefficient (Wildman–Crippen LogP) is 3.72. The molecule has 0 radical (unpaired) electrons. The van der Waals surface area contributed by atoms with Crippen molar-refractivity contribution < 1.29 is 4.79 Å². The molecule has 24 heavy (non-hydrogen) atoms. The number of hydrogen-bond donors (Lipinski definition) is 0. The van der Waals surface area contributed by atoms with Crippen molar-refractivity contribution in [2.24, 2.45) is 5.92 Å². The first-order valence-corrected chi connectivity index (χ1v) is 9.71. The number of thiophene rings is 1. The summed E-state index contributed by atoms with van der Waals surface area (Å²) < 4.78 is 0. The quantitative estimate of drug-likeness (QED) is 0.854. The zero-order chi connectivity index (χ0) is 16.4. The lowest BCUT2D eigenvalue weighted by molar-refractivity contribution is -0.136. The number of carbonyl (C=O) groups is 1. The van der Waals surface area contributed by atoms with Crippen molar-refractivity contribution in [3.63, 3.8) is 0 Å². The van der Waals surface area contributed by atoms with Gasteiger partial charge in [-0.2, -0.15) is 0 Å². The van der Waals surface area contributed by atoms with Crippen LogP contribution in [0.3, 0.4) is 0 Å². The van der Waals surface area contributed by atoms with Crippen molar-refractivity contribution in [1.29, 1.82) is 0 Å². The van der Waals surface area contributed by atoms with Gasteiger partial charge in [-0.1, -0.05) is 12.1 Å². The molecular formula is C19H23N3OS. The normalized spacial score (nSPS) is 24.3. The number of rotatable bonds is 3. The Hall–Kier alpha value is -1.88. The Morgan fingerprint density at radius 1 is 1.12 bits per heavy atom. The van der Waals surface area contributed by atoms with Crippen molar-refractivity contribution in [2.45, 2.75) is 31.7 Å². The summed E-state index contributed by atoms with van der Waals surface area (Å²) in [5.74, 6) is 1.43. The molecule has 0 aliphatic carbocycles. The van der Waals surface area contributed by atoms with E-state index in [1.165, 1.54) is 4.88 Å². The number of anilines is 1. The molecule has 0 bridgehead atoms. The molecule has 2 aliphatic heterocycles. The Morgan fingerprint density at radius 3 is 2.83 bits per heavy atom. The Kier molecular flexibility index (Phi) is 4.52. The fraction of sp³-hybridized carbons (Fsp3) is 0.474. The highest BCUT2D eigenvalue weighted by Crippen LogP contribution is 2.36. The second-order valence-electron chi connectivity index (χ2n) is 6.68. The zero-order valence-electron chi connectivity index (χ0n) is 13.8. The molecule has 1 amide bonds. The van der Waals surface area contributed by atoms with Crippen molar-refractivity contribution >= 4 is 23.1 Å². The van der Waals surface area contributed by atoms with Crippen LogP contribution in [0, 0.1) is 5.92 Å². The van der Waals surface area contributed by atoms with Gasteiger partial charge in [0.25, 0.3) is 0 Å². The number of amides is 1. The maximum atomic E-state index is 13.2. The van der Waals surface area contributed by atoms with Gasteiger partial charge in [-0.3, -0.25) is 4.79 Å². The molecule has 0 N–H and O–H groups in total. The van der Waals surface area contributed by atoms with Crippen LogP contribution in [-0.2, 0) is 4.79 Å². The van der Waals surface area contributed by atoms with E-state index < -0.39 is 0 Å². The van der Waals surface area contributed by atoms with E-state index in [2.05, 4.69) is 32.3 Å². The van der Waals surface area contributed by atoms with Crippen LogP contribution in [0.15, 0.2) is 41.9 Å². The van der Waals surface area contributed by atoms with E-state index >= 15 is 0 Å². The van der Waals surface area contributed by atoms with E-state index in [1.807, 2.05) is 24.4 Å². The van der Waals surface area contributed by atoms with Crippen LogP contribution >= 0.6 is 11.3 Å². The second-order valence-corrected chi connectivity index (χ2v) is 7.66. The monoisotopic (exact) mass is 341 g/mol. The van der Waals surface area contributed by atoms with E-state index in [1.54, 1.807) is 11.3 Å². The number of nitrogens with zero attached hydrogens (tertiary/aromatic N) is 3. The van der Waals surface area contributed by atoms with E-state index in [9.17, 15) is 4.79 Å². The van der Waals surface area contributed by atoms with E-state index in [-0.39, 0.29) is 5.92 Å². The third kappa shape index (κ3) is 3.05. The topological polar surface area (TPSA) is 36.4 Å². The Balaban J connectivity index is 1.47. The lowest BCUT2D eigenvalue weighted by Crippen LogP contribution is -2.44. The molecule has 2 saturated heterocycles. The zero-order valence-corrected chi connectivity index (χ0v) is 14.6. The highest BCUT2D eigenvalue weighted by molar-refractivity contribution is 7.10. The van der Waals surface area contributed by atoms with E-state index in [0.717, 1.165) is 51.1 Å². The SMILES string of the molecule is O=C(C1CCCN(c2ccccn2)C1)N1CCCC1c1cccs1. The first-order valence-electron chi connectivity index (χ1n) is 8.83. The average Bonchev–Trinajstić information content (AvgIpc) is 3.33. The molecule has 0 aromatic carbocycles. The van der Waals surface area contributed by atoms with Crippen LogP contribution in [0.25, 0.3) is 0 Å². The average molecular weight is 341 g/mol. The number of aromatic nitrogens is 1. The van der Waals surface area contributed by atoms with E-state index in [4.69, 9.17) is 0 Å². The van der Waals surface area contributed by atoms with Crippen LogP contribution in [0.2, 0.25) is 0 Å². The van der Waals surface area contributed by atoms with Gasteiger partial charge in [-0.15, -0.1) is 11.3 Å². The minimum Gasteiger partial charge on any atom is -0.356 e. The summed E-state index contributed by atoms with van der Waals surface area (Å²) in [5, 5.41) is 2.11. The van der Waals surface area contributed by atoms with Crippen LogP contribution < -0.4 is 4.90 Å².